The molecule has 0 radical (unpaired) electrons. The summed E-state index contributed by atoms with van der Waals surface area (Å²) in [5, 5.41) is 9.83. The average molecular weight is 248 g/mol. The van der Waals surface area contributed by atoms with E-state index in [1.807, 2.05) is 6.92 Å². The summed E-state index contributed by atoms with van der Waals surface area (Å²) in [7, 11) is 0. The van der Waals surface area contributed by atoms with Crippen molar-refractivity contribution in [3.8, 4) is 0 Å². The second-order valence-electron chi connectivity index (χ2n) is 5.51. The lowest BCUT2D eigenvalue weighted by atomic mass is 9.95. The van der Waals surface area contributed by atoms with Gasteiger partial charge in [-0.2, -0.15) is 0 Å². The second-order valence-corrected chi connectivity index (χ2v) is 5.51. The number of benzene rings is 1. The number of nitrogens with zero attached hydrogens (tertiary/aromatic N) is 1. The Labute approximate surface area is 110 Å². The van der Waals surface area contributed by atoms with Gasteiger partial charge in [-0.15, -0.1) is 0 Å². The summed E-state index contributed by atoms with van der Waals surface area (Å²) in [6, 6.07) is 8.81. The van der Waals surface area contributed by atoms with Crippen LogP contribution in [0.5, 0.6) is 0 Å². The summed E-state index contributed by atoms with van der Waals surface area (Å²) in [6.45, 7) is 5.91. The molecule has 0 spiro atoms. The van der Waals surface area contributed by atoms with Gasteiger partial charge in [-0.1, -0.05) is 29.8 Å². The number of hydrogen-bond acceptors (Lipinski definition) is 3. The lowest BCUT2D eigenvalue weighted by Gasteiger charge is -2.39. The van der Waals surface area contributed by atoms with Crippen molar-refractivity contribution < 1.29 is 5.11 Å². The minimum atomic E-state index is -0.204. The highest BCUT2D eigenvalue weighted by Crippen LogP contribution is 2.27. The molecule has 100 valence electrons. The predicted molar refractivity (Wildman–Crippen MR) is 74.4 cm³/mol. The summed E-state index contributed by atoms with van der Waals surface area (Å²) in [5.74, 6) is 0. The van der Waals surface area contributed by atoms with Gasteiger partial charge in [0.1, 0.15) is 0 Å². The van der Waals surface area contributed by atoms with Crippen LogP contribution in [0.2, 0.25) is 0 Å². The van der Waals surface area contributed by atoms with Gasteiger partial charge in [-0.3, -0.25) is 4.90 Å². The molecule has 0 amide bonds. The predicted octanol–water partition coefficient (Wildman–Crippen LogP) is 1.84. The van der Waals surface area contributed by atoms with Crippen LogP contribution in [-0.4, -0.2) is 35.2 Å². The van der Waals surface area contributed by atoms with Gasteiger partial charge in [0.25, 0.3) is 0 Å². The smallest absolute Gasteiger partial charge is 0.0667 e. The molecule has 1 aromatic carbocycles. The van der Waals surface area contributed by atoms with Gasteiger partial charge >= 0.3 is 0 Å². The number of likely N-dealkylation sites (tertiary alicyclic amines) is 1. The SMILES string of the molecule is Cc1cccc(C(C(C)N)N2CCCC(O)C2)c1. The first-order valence-corrected chi connectivity index (χ1v) is 6.82. The van der Waals surface area contributed by atoms with Gasteiger partial charge in [0, 0.05) is 18.6 Å². The van der Waals surface area contributed by atoms with Gasteiger partial charge in [0.15, 0.2) is 0 Å². The van der Waals surface area contributed by atoms with E-state index in [-0.39, 0.29) is 18.2 Å². The van der Waals surface area contributed by atoms with E-state index in [1.54, 1.807) is 0 Å². The Morgan fingerprint density at radius 3 is 2.83 bits per heavy atom. The first kappa shape index (κ1) is 13.5. The minimum Gasteiger partial charge on any atom is -0.392 e. The van der Waals surface area contributed by atoms with Crippen molar-refractivity contribution in [3.05, 3.63) is 35.4 Å². The van der Waals surface area contributed by atoms with Crippen LogP contribution in [-0.2, 0) is 0 Å². The largest absolute Gasteiger partial charge is 0.392 e. The molecule has 0 aromatic heterocycles. The average Bonchev–Trinajstić information content (AvgIpc) is 2.28. The molecule has 0 saturated carbocycles. The number of rotatable bonds is 3. The van der Waals surface area contributed by atoms with Crippen LogP contribution in [0.15, 0.2) is 24.3 Å². The second kappa shape index (κ2) is 5.83. The maximum atomic E-state index is 9.83. The summed E-state index contributed by atoms with van der Waals surface area (Å²) in [6.07, 6.45) is 1.76. The molecule has 3 nitrogen and oxygen atoms in total. The monoisotopic (exact) mass is 248 g/mol. The zero-order valence-corrected chi connectivity index (χ0v) is 11.3. The molecular weight excluding hydrogens is 224 g/mol. The van der Waals surface area contributed by atoms with Gasteiger partial charge < -0.3 is 10.8 Å². The fraction of sp³-hybridized carbons (Fsp3) is 0.600. The Balaban J connectivity index is 2.22. The molecule has 1 aliphatic heterocycles. The lowest BCUT2D eigenvalue weighted by Crippen LogP contribution is -2.46. The number of β-amino-alcohol motifs (C(OH)–C–C–N with tert-alkyl or cyclic N) is 1. The molecule has 1 aromatic rings. The van der Waals surface area contributed by atoms with Crippen LogP contribution in [0.4, 0.5) is 0 Å². The Hall–Kier alpha value is -0.900. The number of nitrogens with two attached hydrogens (primary N) is 1. The lowest BCUT2D eigenvalue weighted by molar-refractivity contribution is 0.0405. The highest BCUT2D eigenvalue weighted by Gasteiger charge is 2.28. The van der Waals surface area contributed by atoms with Crippen LogP contribution in [0.1, 0.15) is 36.9 Å². The standard InChI is InChI=1S/C15H24N2O/c1-11-5-3-6-13(9-11)15(12(2)16)17-8-4-7-14(18)10-17/h3,5-6,9,12,14-15,18H,4,7-8,10,16H2,1-2H3. The van der Waals surface area contributed by atoms with Crippen molar-refractivity contribution in [2.75, 3.05) is 13.1 Å². The third-order valence-electron chi connectivity index (χ3n) is 3.70. The van der Waals surface area contributed by atoms with E-state index in [4.69, 9.17) is 5.73 Å². The van der Waals surface area contributed by atoms with Crippen LogP contribution in [0.3, 0.4) is 0 Å². The number of aliphatic hydroxyl groups is 1. The van der Waals surface area contributed by atoms with Crippen molar-refractivity contribution in [3.63, 3.8) is 0 Å². The zero-order chi connectivity index (χ0) is 13.1. The Kier molecular flexibility index (Phi) is 4.38. The van der Waals surface area contributed by atoms with Crippen LogP contribution in [0.25, 0.3) is 0 Å². The van der Waals surface area contributed by atoms with Gasteiger partial charge in [0.2, 0.25) is 0 Å². The number of aliphatic hydroxyl groups excluding tert-OH is 1. The molecule has 0 aliphatic carbocycles. The molecule has 2 rings (SSSR count). The van der Waals surface area contributed by atoms with Crippen molar-refractivity contribution in [2.45, 2.75) is 44.9 Å². The Morgan fingerprint density at radius 2 is 2.22 bits per heavy atom. The van der Waals surface area contributed by atoms with Crippen molar-refractivity contribution >= 4 is 0 Å². The van der Waals surface area contributed by atoms with E-state index in [2.05, 4.69) is 36.1 Å². The molecule has 1 heterocycles. The molecule has 3 unspecified atom stereocenters. The van der Waals surface area contributed by atoms with Crippen molar-refractivity contribution in [1.82, 2.24) is 4.90 Å². The summed E-state index contributed by atoms with van der Waals surface area (Å²) >= 11 is 0. The highest BCUT2D eigenvalue weighted by molar-refractivity contribution is 5.26. The van der Waals surface area contributed by atoms with E-state index < -0.39 is 0 Å². The maximum absolute atomic E-state index is 9.83. The van der Waals surface area contributed by atoms with Crippen molar-refractivity contribution in [2.24, 2.45) is 5.73 Å². The van der Waals surface area contributed by atoms with E-state index in [9.17, 15) is 5.11 Å². The molecule has 3 N–H and O–H groups in total. The first-order chi connectivity index (χ1) is 8.58. The summed E-state index contributed by atoms with van der Waals surface area (Å²) in [5.41, 5.74) is 8.69. The van der Waals surface area contributed by atoms with E-state index >= 15 is 0 Å². The molecule has 0 bridgehead atoms. The third kappa shape index (κ3) is 3.10. The fourth-order valence-corrected chi connectivity index (χ4v) is 2.94. The number of aryl methyl sites for hydroxylation is 1. The van der Waals surface area contributed by atoms with Gasteiger partial charge in [-0.25, -0.2) is 0 Å². The molecule has 1 saturated heterocycles. The topological polar surface area (TPSA) is 49.5 Å². The maximum Gasteiger partial charge on any atom is 0.0667 e. The fourth-order valence-electron chi connectivity index (χ4n) is 2.94. The van der Waals surface area contributed by atoms with Gasteiger partial charge in [0.05, 0.1) is 6.10 Å². The van der Waals surface area contributed by atoms with Crippen LogP contribution in [0, 0.1) is 6.92 Å². The van der Waals surface area contributed by atoms with Crippen molar-refractivity contribution in [1.29, 1.82) is 0 Å². The van der Waals surface area contributed by atoms with Gasteiger partial charge in [-0.05, 0) is 38.8 Å². The molecule has 1 fully saturated rings. The van der Waals surface area contributed by atoms with E-state index in [1.165, 1.54) is 11.1 Å². The molecule has 1 aliphatic rings. The third-order valence-corrected chi connectivity index (χ3v) is 3.70. The van der Waals surface area contributed by atoms with E-state index in [0.29, 0.717) is 0 Å². The first-order valence-electron chi connectivity index (χ1n) is 6.82. The van der Waals surface area contributed by atoms with E-state index in [0.717, 1.165) is 25.9 Å². The molecule has 3 atom stereocenters. The number of piperidine rings is 1. The Morgan fingerprint density at radius 1 is 1.44 bits per heavy atom. The Bertz CT molecular complexity index is 392. The van der Waals surface area contributed by atoms with Crippen LogP contribution < -0.4 is 5.73 Å². The molecular formula is C15H24N2O. The molecule has 18 heavy (non-hydrogen) atoms. The quantitative estimate of drug-likeness (QED) is 0.858. The summed E-state index contributed by atoms with van der Waals surface area (Å²) in [4.78, 5) is 2.33. The summed E-state index contributed by atoms with van der Waals surface area (Å²) < 4.78 is 0. The van der Waals surface area contributed by atoms with Crippen LogP contribution >= 0.6 is 0 Å². The minimum absolute atomic E-state index is 0.0668. The number of hydrogen-bond donors (Lipinski definition) is 2. The molecule has 3 heteroatoms. The normalized spacial score (nSPS) is 24.8. The zero-order valence-electron chi connectivity index (χ0n) is 11.3. The highest BCUT2D eigenvalue weighted by atomic mass is 16.3.